The van der Waals surface area contributed by atoms with Crippen LogP contribution in [0.5, 0.6) is 0 Å². The average molecular weight is 374 g/mol. The van der Waals surface area contributed by atoms with Gasteiger partial charge in [0.2, 0.25) is 0 Å². The van der Waals surface area contributed by atoms with Gasteiger partial charge in [0.05, 0.1) is 17.3 Å². The molecule has 0 saturated carbocycles. The Kier molecular flexibility index (Phi) is 7.13. The van der Waals surface area contributed by atoms with Crippen molar-refractivity contribution in [1.29, 1.82) is 0 Å². The van der Waals surface area contributed by atoms with Crippen LogP contribution < -0.4 is 10.7 Å². The van der Waals surface area contributed by atoms with E-state index >= 15 is 0 Å². The van der Waals surface area contributed by atoms with Crippen molar-refractivity contribution >= 4 is 28.8 Å². The number of carbonyl (C=O) groups is 1. The fourth-order valence-corrected chi connectivity index (χ4v) is 2.98. The molecule has 0 aliphatic carbocycles. The first-order valence-corrected chi connectivity index (χ1v) is 9.80. The first kappa shape index (κ1) is 19.5. The Balaban J connectivity index is 1.75. The second-order valence-electron chi connectivity index (χ2n) is 6.67. The van der Waals surface area contributed by atoms with Crippen molar-refractivity contribution < 1.29 is 4.79 Å². The van der Waals surface area contributed by atoms with Crippen LogP contribution in [0.1, 0.15) is 48.5 Å². The third-order valence-corrected chi connectivity index (χ3v) is 4.47. The highest BCUT2D eigenvalue weighted by molar-refractivity contribution is 6.07. The number of nitrogens with one attached hydrogen (secondary N) is 2. The third-order valence-electron chi connectivity index (χ3n) is 4.47. The van der Waals surface area contributed by atoms with E-state index in [0.29, 0.717) is 17.9 Å². The topological polar surface area (TPSA) is 66.4 Å². The number of hydrogen-bond acceptors (Lipinski definition) is 4. The third kappa shape index (κ3) is 5.39. The minimum Gasteiger partial charge on any atom is -0.352 e. The number of amides is 1. The number of hydrogen-bond donors (Lipinski definition) is 2. The van der Waals surface area contributed by atoms with Crippen molar-refractivity contribution in [3.63, 3.8) is 0 Å². The molecule has 1 amide bonds. The summed E-state index contributed by atoms with van der Waals surface area (Å²) in [6, 6.07) is 19.2. The molecule has 0 unspecified atom stereocenters. The lowest BCUT2D eigenvalue weighted by molar-refractivity contribution is 0.0954. The van der Waals surface area contributed by atoms with Gasteiger partial charge in [0.1, 0.15) is 5.82 Å². The summed E-state index contributed by atoms with van der Waals surface area (Å²) in [7, 11) is 0. The smallest absolute Gasteiger partial charge is 0.252 e. The van der Waals surface area contributed by atoms with Gasteiger partial charge in [0.15, 0.2) is 0 Å². The number of nitrogens with zero attached hydrogens (tertiary/aromatic N) is 2. The Morgan fingerprint density at radius 2 is 1.82 bits per heavy atom. The van der Waals surface area contributed by atoms with Crippen molar-refractivity contribution in [2.75, 3.05) is 12.0 Å². The minimum atomic E-state index is -0.0785. The zero-order chi connectivity index (χ0) is 19.6. The molecule has 28 heavy (non-hydrogen) atoms. The molecular formula is C23H26N4O. The van der Waals surface area contributed by atoms with E-state index in [1.54, 1.807) is 12.3 Å². The van der Waals surface area contributed by atoms with E-state index in [-0.39, 0.29) is 5.91 Å². The molecule has 0 aliphatic rings. The van der Waals surface area contributed by atoms with Crippen molar-refractivity contribution in [3.8, 4) is 0 Å². The summed E-state index contributed by atoms with van der Waals surface area (Å²) in [5.41, 5.74) is 5.30. The normalized spacial score (nSPS) is 11.0. The van der Waals surface area contributed by atoms with Crippen molar-refractivity contribution in [2.24, 2.45) is 5.10 Å². The molecule has 0 fully saturated rings. The number of aromatic nitrogens is 1. The summed E-state index contributed by atoms with van der Waals surface area (Å²) in [6.45, 7) is 2.86. The van der Waals surface area contributed by atoms with Crippen molar-refractivity contribution in [2.45, 2.75) is 32.6 Å². The van der Waals surface area contributed by atoms with Gasteiger partial charge in [-0.3, -0.25) is 10.2 Å². The molecule has 0 aliphatic heterocycles. The fourth-order valence-electron chi connectivity index (χ4n) is 2.98. The Morgan fingerprint density at radius 3 is 2.64 bits per heavy atom. The quantitative estimate of drug-likeness (QED) is 0.315. The number of para-hydroxylation sites is 1. The van der Waals surface area contributed by atoms with Crippen LogP contribution in [-0.2, 0) is 0 Å². The zero-order valence-electron chi connectivity index (χ0n) is 16.2. The van der Waals surface area contributed by atoms with Crippen molar-refractivity contribution in [3.05, 3.63) is 71.8 Å². The maximum Gasteiger partial charge on any atom is 0.252 e. The molecule has 0 atom stereocenters. The van der Waals surface area contributed by atoms with Crippen molar-refractivity contribution in [1.82, 2.24) is 10.3 Å². The van der Waals surface area contributed by atoms with E-state index in [1.165, 1.54) is 12.8 Å². The molecule has 5 nitrogen and oxygen atoms in total. The maximum absolute atomic E-state index is 12.7. The highest BCUT2D eigenvalue weighted by Crippen LogP contribution is 2.21. The number of hydrazone groups is 1. The van der Waals surface area contributed by atoms with Crippen LogP contribution in [0.3, 0.4) is 0 Å². The lowest BCUT2D eigenvalue weighted by atomic mass is 10.1. The van der Waals surface area contributed by atoms with Crippen LogP contribution in [0.2, 0.25) is 0 Å². The predicted molar refractivity (Wildman–Crippen MR) is 116 cm³/mol. The Hall–Kier alpha value is -3.21. The summed E-state index contributed by atoms with van der Waals surface area (Å²) in [4.78, 5) is 17.3. The monoisotopic (exact) mass is 374 g/mol. The van der Waals surface area contributed by atoms with E-state index < -0.39 is 0 Å². The molecule has 0 bridgehead atoms. The summed E-state index contributed by atoms with van der Waals surface area (Å²) >= 11 is 0. The molecule has 0 saturated heterocycles. The molecule has 1 aromatic heterocycles. The molecule has 2 N–H and O–H groups in total. The first-order chi connectivity index (χ1) is 13.8. The van der Waals surface area contributed by atoms with Gasteiger partial charge in [-0.05, 0) is 24.1 Å². The Morgan fingerprint density at radius 1 is 1.04 bits per heavy atom. The standard InChI is InChI=1S/C23H26N4O/c1-2-3-4-10-15-24-23(28)20-16-22(26-21-14-9-8-13-19(20)21)27-25-17-18-11-6-5-7-12-18/h5-9,11-14,16-17H,2-4,10,15H2,1H3,(H,24,28)(H,26,27)/b25-17+. The Bertz CT molecular complexity index is 938. The molecule has 0 spiro atoms. The molecule has 2 aromatic carbocycles. The van der Waals surface area contributed by atoms with E-state index in [1.807, 2.05) is 54.6 Å². The number of pyridine rings is 1. The highest BCUT2D eigenvalue weighted by Gasteiger charge is 2.12. The molecular weight excluding hydrogens is 348 g/mol. The summed E-state index contributed by atoms with van der Waals surface area (Å²) in [5.74, 6) is 0.465. The minimum absolute atomic E-state index is 0.0785. The molecule has 0 radical (unpaired) electrons. The maximum atomic E-state index is 12.7. The number of carbonyl (C=O) groups excluding carboxylic acids is 1. The SMILES string of the molecule is CCCCCCNC(=O)c1cc(N/N=C/c2ccccc2)nc2ccccc12. The number of rotatable bonds is 9. The van der Waals surface area contributed by atoms with Crippen LogP contribution in [0.4, 0.5) is 5.82 Å². The van der Waals surface area contributed by atoms with E-state index in [4.69, 9.17) is 0 Å². The molecule has 1 heterocycles. The summed E-state index contributed by atoms with van der Waals surface area (Å²) < 4.78 is 0. The molecule has 3 rings (SSSR count). The number of benzene rings is 2. The molecule has 3 aromatic rings. The second kappa shape index (κ2) is 10.2. The van der Waals surface area contributed by atoms with Crippen LogP contribution in [0, 0.1) is 0 Å². The van der Waals surface area contributed by atoms with Gasteiger partial charge in [0.25, 0.3) is 5.91 Å². The molecule has 144 valence electrons. The number of anilines is 1. The van der Waals surface area contributed by atoms with Gasteiger partial charge in [-0.15, -0.1) is 0 Å². The van der Waals surface area contributed by atoms with E-state index in [0.717, 1.165) is 29.3 Å². The lowest BCUT2D eigenvalue weighted by Crippen LogP contribution is -2.25. The van der Waals surface area contributed by atoms with Crippen LogP contribution >= 0.6 is 0 Å². The van der Waals surface area contributed by atoms with Gasteiger partial charge in [-0.1, -0.05) is 74.7 Å². The number of fused-ring (bicyclic) bond motifs is 1. The van der Waals surface area contributed by atoms with Gasteiger partial charge in [-0.25, -0.2) is 4.98 Å². The van der Waals surface area contributed by atoms with Crippen LogP contribution in [-0.4, -0.2) is 23.7 Å². The summed E-state index contributed by atoms with van der Waals surface area (Å²) in [5, 5.41) is 8.11. The fraction of sp³-hybridized carbons (Fsp3) is 0.261. The Labute approximate surface area is 165 Å². The lowest BCUT2D eigenvalue weighted by Gasteiger charge is -2.10. The highest BCUT2D eigenvalue weighted by atomic mass is 16.1. The van der Waals surface area contributed by atoms with Gasteiger partial charge in [-0.2, -0.15) is 5.10 Å². The van der Waals surface area contributed by atoms with Gasteiger partial charge < -0.3 is 5.32 Å². The number of unbranched alkanes of at least 4 members (excludes halogenated alkanes) is 3. The second-order valence-corrected chi connectivity index (χ2v) is 6.67. The molecule has 5 heteroatoms. The largest absolute Gasteiger partial charge is 0.352 e. The summed E-state index contributed by atoms with van der Waals surface area (Å²) in [6.07, 6.45) is 6.23. The van der Waals surface area contributed by atoms with E-state index in [2.05, 4.69) is 27.8 Å². The predicted octanol–water partition coefficient (Wildman–Crippen LogP) is 4.99. The van der Waals surface area contributed by atoms with Crippen LogP contribution in [0.15, 0.2) is 65.8 Å². The average Bonchev–Trinajstić information content (AvgIpc) is 2.73. The zero-order valence-corrected chi connectivity index (χ0v) is 16.2. The van der Waals surface area contributed by atoms with Gasteiger partial charge >= 0.3 is 0 Å². The van der Waals surface area contributed by atoms with E-state index in [9.17, 15) is 4.79 Å². The first-order valence-electron chi connectivity index (χ1n) is 9.80. The van der Waals surface area contributed by atoms with Crippen LogP contribution in [0.25, 0.3) is 10.9 Å². The van der Waals surface area contributed by atoms with Gasteiger partial charge in [0, 0.05) is 11.9 Å².